The van der Waals surface area contributed by atoms with Gasteiger partial charge in [-0.05, 0) is 38.5 Å². The summed E-state index contributed by atoms with van der Waals surface area (Å²) in [6, 6.07) is -0.880. The number of aliphatic hydroxyl groups is 11. The van der Waals surface area contributed by atoms with Crippen LogP contribution < -0.4 is 5.32 Å². The van der Waals surface area contributed by atoms with Crippen molar-refractivity contribution in [3.8, 4) is 0 Å². The van der Waals surface area contributed by atoms with Gasteiger partial charge in [0.15, 0.2) is 18.9 Å². The number of hydrogen-bond acceptors (Lipinski definition) is 18. The average Bonchev–Trinajstić information content (AvgIpc) is 1.15. The number of hydrogen-bond donors (Lipinski definition) is 12. The minimum atomic E-state index is -1.97. The van der Waals surface area contributed by atoms with Gasteiger partial charge in [0.05, 0.1) is 38.6 Å². The van der Waals surface area contributed by atoms with Crippen LogP contribution in [0, 0.1) is 0 Å². The number of rotatable bonds is 56. The third-order valence-corrected chi connectivity index (χ3v) is 18.3. The number of nitrogens with one attached hydrogen (secondary N) is 1. The van der Waals surface area contributed by atoms with Gasteiger partial charge in [-0.25, -0.2) is 0 Å². The molecule has 520 valence electrons. The van der Waals surface area contributed by atoms with Crippen LogP contribution in [0.5, 0.6) is 0 Å². The number of unbranched alkanes of at least 4 members (excludes halogenated alkanes) is 38. The Balaban J connectivity index is 1.27. The minimum Gasteiger partial charge on any atom is -0.394 e. The van der Waals surface area contributed by atoms with Crippen molar-refractivity contribution in [1.29, 1.82) is 0 Å². The van der Waals surface area contributed by atoms with Gasteiger partial charge in [-0.15, -0.1) is 0 Å². The van der Waals surface area contributed by atoms with E-state index < -0.39 is 124 Å². The van der Waals surface area contributed by atoms with Crippen LogP contribution in [0.4, 0.5) is 0 Å². The Hall–Kier alpha value is -1.47. The van der Waals surface area contributed by atoms with Gasteiger partial charge in [0.25, 0.3) is 0 Å². The van der Waals surface area contributed by atoms with E-state index in [-0.39, 0.29) is 18.9 Å². The number of allylic oxidation sites excluding steroid dienone is 2. The Morgan fingerprint density at radius 1 is 0.398 bits per heavy atom. The van der Waals surface area contributed by atoms with E-state index in [2.05, 4.69) is 31.3 Å². The molecule has 3 rings (SSSR count). The molecule has 0 aromatic heterocycles. The van der Waals surface area contributed by atoms with Crippen LogP contribution in [-0.2, 0) is 33.2 Å². The Morgan fingerprint density at radius 2 is 0.716 bits per heavy atom. The minimum absolute atomic E-state index is 0.240. The molecule has 3 saturated heterocycles. The lowest BCUT2D eigenvalue weighted by Crippen LogP contribution is -2.66. The molecular weight excluding hydrogens is 1130 g/mol. The average molecular weight is 1260 g/mol. The molecule has 3 aliphatic heterocycles. The fourth-order valence-electron chi connectivity index (χ4n) is 12.5. The third-order valence-electron chi connectivity index (χ3n) is 18.3. The van der Waals surface area contributed by atoms with E-state index in [1.807, 2.05) is 0 Å². The summed E-state index contributed by atoms with van der Waals surface area (Å²) in [6.45, 7) is 1.77. The molecule has 19 nitrogen and oxygen atoms in total. The number of amides is 1. The summed E-state index contributed by atoms with van der Waals surface area (Å²) < 4.78 is 34.3. The molecule has 0 saturated carbocycles. The summed E-state index contributed by atoms with van der Waals surface area (Å²) in [4.78, 5) is 13.3. The van der Waals surface area contributed by atoms with E-state index >= 15 is 0 Å². The highest BCUT2D eigenvalue weighted by atomic mass is 16.8. The van der Waals surface area contributed by atoms with Gasteiger partial charge in [-0.1, -0.05) is 257 Å². The SMILES string of the molecule is CCCCCCCCCC/C=C\CCCCCCCCCCCCCCCCCCCCCCCCCC(=O)NC(COC1OC(CO)C(OC2OC(CO)C(OC3OC(CO)C(O)C(O)C3O)C(O)C2O)C(O)C1O)C(O)CCCCCCCCCC. The Bertz CT molecular complexity index is 1650. The van der Waals surface area contributed by atoms with Gasteiger partial charge >= 0.3 is 0 Å². The summed E-state index contributed by atoms with van der Waals surface area (Å²) >= 11 is 0. The van der Waals surface area contributed by atoms with E-state index in [0.29, 0.717) is 12.8 Å². The van der Waals surface area contributed by atoms with Gasteiger partial charge in [-0.3, -0.25) is 4.79 Å². The molecule has 0 aliphatic carbocycles. The maximum atomic E-state index is 13.3. The van der Waals surface area contributed by atoms with E-state index in [0.717, 1.165) is 44.9 Å². The van der Waals surface area contributed by atoms with Crippen molar-refractivity contribution in [2.75, 3.05) is 26.4 Å². The molecular formula is C69H131NO18. The monoisotopic (exact) mass is 1260 g/mol. The maximum Gasteiger partial charge on any atom is 0.220 e. The van der Waals surface area contributed by atoms with Crippen molar-refractivity contribution in [3.05, 3.63) is 12.2 Å². The number of aliphatic hydroxyl groups excluding tert-OH is 11. The lowest BCUT2D eigenvalue weighted by Gasteiger charge is -2.48. The van der Waals surface area contributed by atoms with Gasteiger partial charge in [0, 0.05) is 6.42 Å². The Kier molecular flexibility index (Phi) is 47.6. The van der Waals surface area contributed by atoms with Crippen LogP contribution in [0.3, 0.4) is 0 Å². The summed E-state index contributed by atoms with van der Waals surface area (Å²) in [7, 11) is 0. The zero-order valence-electron chi connectivity index (χ0n) is 55.0. The van der Waals surface area contributed by atoms with Gasteiger partial charge in [0.2, 0.25) is 5.91 Å². The molecule has 3 fully saturated rings. The van der Waals surface area contributed by atoms with Crippen molar-refractivity contribution in [3.63, 3.8) is 0 Å². The number of ether oxygens (including phenoxy) is 6. The van der Waals surface area contributed by atoms with Crippen molar-refractivity contribution >= 4 is 5.91 Å². The standard InChI is InChI=1S/C69H131NO18/c1-3-5-7-9-11-13-14-15-16-17-18-19-20-21-22-23-24-25-26-27-28-29-30-31-32-33-34-35-36-37-38-39-41-43-45-47-57(75)70-52(53(74)46-44-42-40-12-10-8-6-4-2)51-83-67-63(81)60(78)65(55(49-72)85-67)88-69-64(82)61(79)66(56(50-73)86-69)87-68-62(80)59(77)58(76)54(48-71)84-68/h17-18,52-56,58-69,71-74,76-82H,3-16,19-51H2,1-2H3,(H,70,75)/b18-17-. The normalized spacial score (nSPS) is 28.4. The third kappa shape index (κ3) is 33.6. The molecule has 0 spiro atoms. The zero-order valence-corrected chi connectivity index (χ0v) is 55.0. The Morgan fingerprint density at radius 3 is 1.10 bits per heavy atom. The van der Waals surface area contributed by atoms with E-state index in [9.17, 15) is 61.0 Å². The van der Waals surface area contributed by atoms with Crippen LogP contribution in [-0.4, -0.2) is 193 Å². The first-order valence-corrected chi connectivity index (χ1v) is 35.9. The quantitative estimate of drug-likeness (QED) is 0.0199. The first kappa shape index (κ1) is 80.8. The summed E-state index contributed by atoms with van der Waals surface area (Å²) in [5, 5.41) is 120. The molecule has 17 unspecified atom stereocenters. The number of carbonyl (C=O) groups is 1. The second-order valence-corrected chi connectivity index (χ2v) is 26.1. The van der Waals surface area contributed by atoms with Crippen molar-refractivity contribution in [1.82, 2.24) is 5.32 Å². The first-order valence-electron chi connectivity index (χ1n) is 35.9. The first-order chi connectivity index (χ1) is 42.8. The molecule has 88 heavy (non-hydrogen) atoms. The summed E-state index contributed by atoms with van der Waals surface area (Å²) in [6.07, 6.45) is 30.8. The molecule has 3 heterocycles. The molecule has 0 aromatic rings. The smallest absolute Gasteiger partial charge is 0.220 e. The van der Waals surface area contributed by atoms with Gasteiger partial charge < -0.3 is 89.9 Å². The van der Waals surface area contributed by atoms with Crippen molar-refractivity contribution in [2.24, 2.45) is 0 Å². The van der Waals surface area contributed by atoms with E-state index in [4.69, 9.17) is 28.4 Å². The van der Waals surface area contributed by atoms with E-state index in [1.54, 1.807) is 0 Å². The van der Waals surface area contributed by atoms with Crippen LogP contribution >= 0.6 is 0 Å². The molecule has 0 bridgehead atoms. The fourth-order valence-corrected chi connectivity index (χ4v) is 12.5. The Labute approximate surface area is 531 Å². The maximum absolute atomic E-state index is 13.3. The lowest BCUT2D eigenvalue weighted by atomic mass is 9.96. The van der Waals surface area contributed by atoms with Crippen LogP contribution in [0.2, 0.25) is 0 Å². The topological polar surface area (TPSA) is 307 Å². The van der Waals surface area contributed by atoms with Gasteiger partial charge in [-0.2, -0.15) is 0 Å². The summed E-state index contributed by atoms with van der Waals surface area (Å²) in [5.41, 5.74) is 0. The van der Waals surface area contributed by atoms with Crippen molar-refractivity contribution in [2.45, 2.75) is 394 Å². The van der Waals surface area contributed by atoms with Crippen LogP contribution in [0.25, 0.3) is 0 Å². The second-order valence-electron chi connectivity index (χ2n) is 26.1. The highest BCUT2D eigenvalue weighted by Crippen LogP contribution is 2.33. The molecule has 17 atom stereocenters. The second kappa shape index (κ2) is 51.9. The largest absolute Gasteiger partial charge is 0.394 e. The highest BCUT2D eigenvalue weighted by molar-refractivity contribution is 5.76. The predicted molar refractivity (Wildman–Crippen MR) is 342 cm³/mol. The molecule has 1 amide bonds. The van der Waals surface area contributed by atoms with Gasteiger partial charge in [0.1, 0.15) is 73.2 Å². The lowest BCUT2D eigenvalue weighted by molar-refractivity contribution is -0.379. The number of carbonyl (C=O) groups excluding carboxylic acids is 1. The molecule has 3 aliphatic rings. The molecule has 19 heteroatoms. The predicted octanol–water partition coefficient (Wildman–Crippen LogP) is 9.67. The van der Waals surface area contributed by atoms with Crippen LogP contribution in [0.1, 0.15) is 290 Å². The molecule has 0 radical (unpaired) electrons. The summed E-state index contributed by atoms with van der Waals surface area (Å²) in [5.74, 6) is -0.240. The fraction of sp³-hybridized carbons (Fsp3) is 0.957. The highest BCUT2D eigenvalue weighted by Gasteiger charge is 2.53. The zero-order chi connectivity index (χ0) is 64.0. The molecule has 12 N–H and O–H groups in total. The van der Waals surface area contributed by atoms with Crippen molar-refractivity contribution < 1.29 is 89.4 Å². The van der Waals surface area contributed by atoms with E-state index in [1.165, 1.54) is 212 Å². The molecule has 0 aromatic carbocycles. The van der Waals surface area contributed by atoms with Crippen LogP contribution in [0.15, 0.2) is 12.2 Å².